The van der Waals surface area contributed by atoms with Gasteiger partial charge in [-0.2, -0.15) is 0 Å². The van der Waals surface area contributed by atoms with Gasteiger partial charge in [-0.25, -0.2) is 4.98 Å². The second-order valence-corrected chi connectivity index (χ2v) is 5.96. The molecule has 1 aromatic carbocycles. The lowest BCUT2D eigenvalue weighted by molar-refractivity contribution is 0.177. The monoisotopic (exact) mass is 261 g/mol. The molecule has 2 aromatic rings. The van der Waals surface area contributed by atoms with Crippen molar-refractivity contribution in [1.82, 2.24) is 4.98 Å². The van der Waals surface area contributed by atoms with Crippen LogP contribution >= 0.6 is 11.3 Å². The molecule has 2 nitrogen and oxygen atoms in total. The average Bonchev–Trinajstić information content (AvgIpc) is 2.75. The lowest BCUT2D eigenvalue weighted by Crippen LogP contribution is -2.02. The maximum atomic E-state index is 10.2. The van der Waals surface area contributed by atoms with Gasteiger partial charge in [0.15, 0.2) is 0 Å². The van der Waals surface area contributed by atoms with E-state index in [-0.39, 0.29) is 0 Å². The number of hydrogen-bond donors (Lipinski definition) is 1. The van der Waals surface area contributed by atoms with Crippen LogP contribution in [0.25, 0.3) is 0 Å². The minimum Gasteiger partial charge on any atom is -0.388 e. The summed E-state index contributed by atoms with van der Waals surface area (Å²) in [6, 6.07) is 8.21. The summed E-state index contributed by atoms with van der Waals surface area (Å²) in [5.74, 6) is 0.525. The van der Waals surface area contributed by atoms with Gasteiger partial charge in [0, 0.05) is 11.8 Å². The van der Waals surface area contributed by atoms with Gasteiger partial charge in [-0.3, -0.25) is 0 Å². The van der Waals surface area contributed by atoms with Gasteiger partial charge in [0.05, 0.1) is 16.8 Å². The molecule has 0 fully saturated rings. The van der Waals surface area contributed by atoms with Crippen LogP contribution < -0.4 is 0 Å². The molecule has 1 aromatic heterocycles. The molecule has 0 aliphatic rings. The van der Waals surface area contributed by atoms with Crippen molar-refractivity contribution in [3.63, 3.8) is 0 Å². The van der Waals surface area contributed by atoms with Gasteiger partial charge in [0.25, 0.3) is 0 Å². The summed E-state index contributed by atoms with van der Waals surface area (Å²) >= 11 is 1.63. The Morgan fingerprint density at radius 2 is 1.78 bits per heavy atom. The number of aromatic nitrogens is 1. The molecule has 3 heteroatoms. The maximum Gasteiger partial charge on any atom is 0.0897 e. The minimum atomic E-state index is -0.465. The van der Waals surface area contributed by atoms with Crippen LogP contribution in [0, 0.1) is 6.92 Å². The first-order valence-electron chi connectivity index (χ1n) is 6.25. The Morgan fingerprint density at radius 3 is 2.28 bits per heavy atom. The number of rotatable bonds is 4. The fourth-order valence-electron chi connectivity index (χ4n) is 1.92. The van der Waals surface area contributed by atoms with Gasteiger partial charge in [0.2, 0.25) is 0 Å². The maximum absolute atomic E-state index is 10.2. The summed E-state index contributed by atoms with van der Waals surface area (Å²) in [7, 11) is 0. The van der Waals surface area contributed by atoms with Crippen LogP contribution in [0.1, 0.15) is 47.7 Å². The van der Waals surface area contributed by atoms with Gasteiger partial charge in [-0.1, -0.05) is 38.1 Å². The molecule has 1 atom stereocenters. The first-order valence-corrected chi connectivity index (χ1v) is 7.13. The first-order chi connectivity index (χ1) is 8.56. The molecule has 1 heterocycles. The van der Waals surface area contributed by atoms with E-state index in [1.165, 1.54) is 5.56 Å². The number of hydrogen-bond acceptors (Lipinski definition) is 3. The van der Waals surface area contributed by atoms with E-state index in [1.54, 1.807) is 11.3 Å². The van der Waals surface area contributed by atoms with Crippen molar-refractivity contribution in [1.29, 1.82) is 0 Å². The summed E-state index contributed by atoms with van der Waals surface area (Å²) in [5, 5.41) is 13.2. The Morgan fingerprint density at radius 1 is 1.17 bits per heavy atom. The highest BCUT2D eigenvalue weighted by atomic mass is 32.1. The largest absolute Gasteiger partial charge is 0.388 e. The van der Waals surface area contributed by atoms with Crippen molar-refractivity contribution < 1.29 is 5.11 Å². The summed E-state index contributed by atoms with van der Waals surface area (Å²) in [5.41, 5.74) is 3.23. The van der Waals surface area contributed by atoms with Crippen LogP contribution in [0.15, 0.2) is 29.6 Å². The van der Waals surface area contributed by atoms with Crippen LogP contribution in [-0.2, 0) is 6.42 Å². The molecular weight excluding hydrogens is 242 g/mol. The summed E-state index contributed by atoms with van der Waals surface area (Å²) in [4.78, 5) is 4.38. The molecule has 0 radical (unpaired) electrons. The van der Waals surface area contributed by atoms with Crippen molar-refractivity contribution >= 4 is 11.3 Å². The molecule has 0 bridgehead atoms. The third-order valence-corrected chi connectivity index (χ3v) is 3.88. The minimum absolute atomic E-state index is 0.465. The zero-order valence-electron chi connectivity index (χ0n) is 11.1. The number of aliphatic hydroxyl groups excluding tert-OH is 1. The molecule has 2 rings (SSSR count). The van der Waals surface area contributed by atoms with Crippen molar-refractivity contribution in [2.24, 2.45) is 0 Å². The van der Waals surface area contributed by atoms with Crippen molar-refractivity contribution in [2.45, 2.75) is 39.2 Å². The van der Waals surface area contributed by atoms with Crippen LogP contribution in [0.3, 0.4) is 0 Å². The SMILES string of the molecule is Cc1nc(CC(O)c2ccc(C(C)C)cc2)cs1. The second-order valence-electron chi connectivity index (χ2n) is 4.90. The highest BCUT2D eigenvalue weighted by Gasteiger charge is 2.11. The molecular formula is C15H19NOS. The van der Waals surface area contributed by atoms with Crippen LogP contribution in [-0.4, -0.2) is 10.1 Å². The summed E-state index contributed by atoms with van der Waals surface area (Å²) in [6.07, 6.45) is 0.124. The Labute approximate surface area is 112 Å². The highest BCUT2D eigenvalue weighted by molar-refractivity contribution is 7.09. The van der Waals surface area contributed by atoms with E-state index in [4.69, 9.17) is 0 Å². The molecule has 1 unspecified atom stereocenters. The van der Waals surface area contributed by atoms with E-state index in [0.717, 1.165) is 16.3 Å². The summed E-state index contributed by atoms with van der Waals surface area (Å²) in [6.45, 7) is 6.32. The number of aliphatic hydroxyl groups is 1. The molecule has 0 amide bonds. The lowest BCUT2D eigenvalue weighted by Gasteiger charge is -2.11. The van der Waals surface area contributed by atoms with E-state index in [2.05, 4.69) is 31.0 Å². The number of thiazole rings is 1. The van der Waals surface area contributed by atoms with E-state index in [1.807, 2.05) is 24.4 Å². The van der Waals surface area contributed by atoms with E-state index < -0.39 is 6.10 Å². The topological polar surface area (TPSA) is 33.1 Å². The van der Waals surface area contributed by atoms with E-state index >= 15 is 0 Å². The average molecular weight is 261 g/mol. The molecule has 0 saturated heterocycles. The molecule has 0 spiro atoms. The lowest BCUT2D eigenvalue weighted by atomic mass is 9.99. The van der Waals surface area contributed by atoms with Crippen molar-refractivity contribution in [3.05, 3.63) is 51.5 Å². The second kappa shape index (κ2) is 5.63. The van der Waals surface area contributed by atoms with Gasteiger partial charge < -0.3 is 5.11 Å². The highest BCUT2D eigenvalue weighted by Crippen LogP contribution is 2.22. The molecule has 0 aliphatic heterocycles. The first kappa shape index (κ1) is 13.2. The van der Waals surface area contributed by atoms with Gasteiger partial charge in [0.1, 0.15) is 0 Å². The Bertz CT molecular complexity index is 501. The standard InChI is InChI=1S/C15H19NOS/c1-10(2)12-4-6-13(7-5-12)15(17)8-14-9-18-11(3)16-14/h4-7,9-10,15,17H,8H2,1-3H3. The summed E-state index contributed by atoms with van der Waals surface area (Å²) < 4.78 is 0. The molecule has 18 heavy (non-hydrogen) atoms. The normalized spacial score (nSPS) is 12.9. The third-order valence-electron chi connectivity index (χ3n) is 3.06. The molecule has 1 N–H and O–H groups in total. The number of benzene rings is 1. The molecule has 96 valence electrons. The predicted molar refractivity (Wildman–Crippen MR) is 76.0 cm³/mol. The zero-order chi connectivity index (χ0) is 13.1. The van der Waals surface area contributed by atoms with Crippen molar-refractivity contribution in [2.75, 3.05) is 0 Å². The molecule has 0 saturated carbocycles. The van der Waals surface area contributed by atoms with Crippen LogP contribution in [0.5, 0.6) is 0 Å². The Hall–Kier alpha value is -1.19. The van der Waals surface area contributed by atoms with Crippen molar-refractivity contribution in [3.8, 4) is 0 Å². The van der Waals surface area contributed by atoms with Gasteiger partial charge in [-0.05, 0) is 24.0 Å². The number of aryl methyl sites for hydroxylation is 1. The van der Waals surface area contributed by atoms with E-state index in [9.17, 15) is 5.11 Å². The van der Waals surface area contributed by atoms with Gasteiger partial charge >= 0.3 is 0 Å². The quantitative estimate of drug-likeness (QED) is 0.906. The third kappa shape index (κ3) is 3.18. The van der Waals surface area contributed by atoms with Crippen LogP contribution in [0.4, 0.5) is 0 Å². The zero-order valence-corrected chi connectivity index (χ0v) is 11.9. The predicted octanol–water partition coefficient (Wildman–Crippen LogP) is 3.85. The van der Waals surface area contributed by atoms with Crippen LogP contribution in [0.2, 0.25) is 0 Å². The Kier molecular flexibility index (Phi) is 4.15. The Balaban J connectivity index is 2.06. The van der Waals surface area contributed by atoms with E-state index in [0.29, 0.717) is 12.3 Å². The smallest absolute Gasteiger partial charge is 0.0897 e. The molecule has 0 aliphatic carbocycles. The number of nitrogens with zero attached hydrogens (tertiary/aromatic N) is 1. The fourth-order valence-corrected chi connectivity index (χ4v) is 2.55. The fraction of sp³-hybridized carbons (Fsp3) is 0.400. The van der Waals surface area contributed by atoms with Gasteiger partial charge in [-0.15, -0.1) is 11.3 Å².